The molecule has 1 saturated heterocycles. The molecule has 1 aliphatic rings. The Hall–Kier alpha value is -1.44. The number of hydrogen-bond acceptors (Lipinski definition) is 5. The van der Waals surface area contributed by atoms with E-state index in [0.29, 0.717) is 0 Å². The highest BCUT2D eigenvalue weighted by atomic mass is 79.9. The quantitative estimate of drug-likeness (QED) is 0.570. The van der Waals surface area contributed by atoms with Gasteiger partial charge < -0.3 is 4.90 Å². The molecule has 0 atom stereocenters. The van der Waals surface area contributed by atoms with Crippen LogP contribution in [0.4, 0.5) is 11.4 Å². The van der Waals surface area contributed by atoms with Crippen LogP contribution in [0.1, 0.15) is 4.88 Å². The minimum absolute atomic E-state index is 0.173. The minimum atomic E-state index is -0.302. The molecule has 1 fully saturated rings. The summed E-state index contributed by atoms with van der Waals surface area (Å²) in [5.74, 6) is 0. The largest absolute Gasteiger partial charge is 0.363 e. The van der Waals surface area contributed by atoms with Crippen molar-refractivity contribution >= 4 is 38.6 Å². The molecule has 0 saturated carbocycles. The van der Waals surface area contributed by atoms with Crippen molar-refractivity contribution in [2.75, 3.05) is 37.6 Å². The Labute approximate surface area is 147 Å². The SMILES string of the molecule is O=[N+]([O-])c1cc(Br)ccc1N1CCN(CCc2cccs2)CC1. The number of nitrogens with zero attached hydrogens (tertiary/aromatic N) is 3. The monoisotopic (exact) mass is 395 g/mol. The van der Waals surface area contributed by atoms with Crippen molar-refractivity contribution in [3.05, 3.63) is 55.2 Å². The van der Waals surface area contributed by atoms with Crippen LogP contribution >= 0.6 is 27.3 Å². The fourth-order valence-corrected chi connectivity index (χ4v) is 3.89. The van der Waals surface area contributed by atoms with Gasteiger partial charge in [-0.2, -0.15) is 0 Å². The van der Waals surface area contributed by atoms with E-state index in [-0.39, 0.29) is 10.6 Å². The zero-order chi connectivity index (χ0) is 16.2. The van der Waals surface area contributed by atoms with Crippen LogP contribution in [0.2, 0.25) is 0 Å². The van der Waals surface area contributed by atoms with E-state index in [2.05, 4.69) is 43.2 Å². The fourth-order valence-electron chi connectivity index (χ4n) is 2.85. The molecule has 7 heteroatoms. The molecule has 0 bridgehead atoms. The molecule has 1 aromatic heterocycles. The lowest BCUT2D eigenvalue weighted by Crippen LogP contribution is -2.47. The Morgan fingerprint density at radius 3 is 2.65 bits per heavy atom. The van der Waals surface area contributed by atoms with Gasteiger partial charge in [0.1, 0.15) is 5.69 Å². The molecule has 0 N–H and O–H groups in total. The van der Waals surface area contributed by atoms with E-state index in [4.69, 9.17) is 0 Å². The van der Waals surface area contributed by atoms with Crippen molar-refractivity contribution in [3.8, 4) is 0 Å². The molecule has 0 unspecified atom stereocenters. The van der Waals surface area contributed by atoms with Crippen molar-refractivity contribution in [2.45, 2.75) is 6.42 Å². The molecule has 23 heavy (non-hydrogen) atoms. The van der Waals surface area contributed by atoms with Gasteiger partial charge >= 0.3 is 0 Å². The van der Waals surface area contributed by atoms with Gasteiger partial charge in [0.2, 0.25) is 0 Å². The summed E-state index contributed by atoms with van der Waals surface area (Å²) < 4.78 is 0.738. The van der Waals surface area contributed by atoms with Gasteiger partial charge in [0.25, 0.3) is 5.69 Å². The lowest BCUT2D eigenvalue weighted by molar-refractivity contribution is -0.384. The van der Waals surface area contributed by atoms with E-state index in [0.717, 1.165) is 49.3 Å². The zero-order valence-corrected chi connectivity index (χ0v) is 15.1. The van der Waals surface area contributed by atoms with Crippen LogP contribution in [-0.4, -0.2) is 42.5 Å². The van der Waals surface area contributed by atoms with Gasteiger partial charge in [-0.25, -0.2) is 0 Å². The lowest BCUT2D eigenvalue weighted by Gasteiger charge is -2.35. The highest BCUT2D eigenvalue weighted by Gasteiger charge is 2.23. The zero-order valence-electron chi connectivity index (χ0n) is 12.7. The first-order valence-electron chi connectivity index (χ1n) is 7.57. The summed E-state index contributed by atoms with van der Waals surface area (Å²) in [5.41, 5.74) is 0.891. The van der Waals surface area contributed by atoms with Crippen LogP contribution in [-0.2, 0) is 6.42 Å². The molecule has 0 radical (unpaired) electrons. The van der Waals surface area contributed by atoms with Crippen LogP contribution in [0.15, 0.2) is 40.2 Å². The van der Waals surface area contributed by atoms with E-state index in [1.807, 2.05) is 12.1 Å². The third kappa shape index (κ3) is 4.10. The Morgan fingerprint density at radius 2 is 2.00 bits per heavy atom. The molecule has 3 rings (SSSR count). The van der Waals surface area contributed by atoms with Gasteiger partial charge in [0, 0.05) is 48.1 Å². The van der Waals surface area contributed by atoms with Gasteiger partial charge in [-0.15, -0.1) is 11.3 Å². The van der Waals surface area contributed by atoms with Gasteiger partial charge in [-0.05, 0) is 30.0 Å². The van der Waals surface area contributed by atoms with Crippen LogP contribution in [0.5, 0.6) is 0 Å². The second-order valence-electron chi connectivity index (χ2n) is 5.55. The summed E-state index contributed by atoms with van der Waals surface area (Å²) in [4.78, 5) is 16.9. The van der Waals surface area contributed by atoms with Crippen molar-refractivity contribution in [2.24, 2.45) is 0 Å². The summed E-state index contributed by atoms with van der Waals surface area (Å²) in [6.45, 7) is 4.59. The Bertz CT molecular complexity index is 670. The maximum absolute atomic E-state index is 11.3. The van der Waals surface area contributed by atoms with Crippen molar-refractivity contribution < 1.29 is 4.92 Å². The van der Waals surface area contributed by atoms with E-state index >= 15 is 0 Å². The summed E-state index contributed by atoms with van der Waals surface area (Å²) in [6, 6.07) is 9.55. The van der Waals surface area contributed by atoms with Gasteiger partial charge in [-0.3, -0.25) is 15.0 Å². The highest BCUT2D eigenvalue weighted by Crippen LogP contribution is 2.31. The Kier molecular flexibility index (Phi) is 5.30. The Balaban J connectivity index is 1.59. The number of piperazine rings is 1. The van der Waals surface area contributed by atoms with Crippen molar-refractivity contribution in [3.63, 3.8) is 0 Å². The highest BCUT2D eigenvalue weighted by molar-refractivity contribution is 9.10. The minimum Gasteiger partial charge on any atom is -0.363 e. The molecule has 5 nitrogen and oxygen atoms in total. The summed E-state index contributed by atoms with van der Waals surface area (Å²) in [5, 5.41) is 13.4. The maximum atomic E-state index is 11.3. The van der Waals surface area contributed by atoms with Crippen molar-refractivity contribution in [1.29, 1.82) is 0 Å². The summed E-state index contributed by atoms with van der Waals surface area (Å²) in [6.07, 6.45) is 1.08. The van der Waals surface area contributed by atoms with Crippen LogP contribution in [0.3, 0.4) is 0 Å². The topological polar surface area (TPSA) is 49.6 Å². The van der Waals surface area contributed by atoms with Gasteiger partial charge in [-0.1, -0.05) is 22.0 Å². The predicted molar refractivity (Wildman–Crippen MR) is 97.5 cm³/mol. The molecule has 2 heterocycles. The third-order valence-electron chi connectivity index (χ3n) is 4.10. The van der Waals surface area contributed by atoms with Gasteiger partial charge in [0.05, 0.1) is 4.92 Å². The number of rotatable bonds is 5. The number of nitro groups is 1. The van der Waals surface area contributed by atoms with Crippen LogP contribution in [0, 0.1) is 10.1 Å². The summed E-state index contributed by atoms with van der Waals surface area (Å²) in [7, 11) is 0. The molecule has 1 aromatic carbocycles. The van der Waals surface area contributed by atoms with Crippen LogP contribution in [0.25, 0.3) is 0 Å². The van der Waals surface area contributed by atoms with E-state index in [9.17, 15) is 10.1 Å². The van der Waals surface area contributed by atoms with E-state index in [1.165, 1.54) is 4.88 Å². The average Bonchev–Trinajstić information content (AvgIpc) is 3.07. The third-order valence-corrected chi connectivity index (χ3v) is 5.53. The predicted octanol–water partition coefficient (Wildman–Crippen LogP) is 3.78. The number of nitro benzene ring substituents is 1. The normalized spacial score (nSPS) is 15.8. The van der Waals surface area contributed by atoms with E-state index in [1.54, 1.807) is 17.4 Å². The fraction of sp³-hybridized carbons (Fsp3) is 0.375. The first-order chi connectivity index (χ1) is 11.1. The number of thiophene rings is 1. The molecule has 1 aliphatic heterocycles. The number of benzene rings is 1. The average molecular weight is 396 g/mol. The second kappa shape index (κ2) is 7.42. The number of anilines is 1. The lowest BCUT2D eigenvalue weighted by atomic mass is 10.2. The number of halogens is 1. The molecule has 0 spiro atoms. The van der Waals surface area contributed by atoms with Crippen molar-refractivity contribution in [1.82, 2.24) is 4.90 Å². The molecule has 0 aliphatic carbocycles. The number of hydrogen-bond donors (Lipinski definition) is 0. The van der Waals surface area contributed by atoms with Gasteiger partial charge in [0.15, 0.2) is 0 Å². The second-order valence-corrected chi connectivity index (χ2v) is 7.50. The molecular formula is C16H18BrN3O2S. The first kappa shape index (κ1) is 16.4. The first-order valence-corrected chi connectivity index (χ1v) is 9.24. The molecular weight excluding hydrogens is 378 g/mol. The molecule has 0 amide bonds. The maximum Gasteiger partial charge on any atom is 0.293 e. The smallest absolute Gasteiger partial charge is 0.293 e. The standard InChI is InChI=1S/C16H18BrN3O2S/c17-13-3-4-15(16(12-13)20(21)22)19-9-7-18(8-10-19)6-5-14-2-1-11-23-14/h1-4,11-12H,5-10H2. The Morgan fingerprint density at radius 1 is 1.22 bits per heavy atom. The molecule has 122 valence electrons. The summed E-state index contributed by atoms with van der Waals surface area (Å²) >= 11 is 5.11. The molecule has 2 aromatic rings. The van der Waals surface area contributed by atoms with E-state index < -0.39 is 0 Å². The van der Waals surface area contributed by atoms with Crippen LogP contribution < -0.4 is 4.90 Å².